The highest BCUT2D eigenvalue weighted by Gasteiger charge is 2.30. The largest absolute Gasteiger partial charge is 0.449 e. The second-order valence-corrected chi connectivity index (χ2v) is 7.24. The number of nitrogen functional groups attached to an aromatic ring is 1. The van der Waals surface area contributed by atoms with E-state index in [1.54, 1.807) is 13.8 Å². The Morgan fingerprint density at radius 3 is 2.70 bits per heavy atom. The zero-order valence-electron chi connectivity index (χ0n) is 14.1. The summed E-state index contributed by atoms with van der Waals surface area (Å²) in [5, 5.41) is 3.33. The summed E-state index contributed by atoms with van der Waals surface area (Å²) in [6, 6.07) is 0.141. The lowest BCUT2D eigenvalue weighted by Gasteiger charge is -2.35. The summed E-state index contributed by atoms with van der Waals surface area (Å²) in [7, 11) is 0. The van der Waals surface area contributed by atoms with Crippen LogP contribution in [0.1, 0.15) is 56.1 Å². The first kappa shape index (κ1) is 17.7. The number of ether oxygens (including phenoxy) is 1. The second kappa shape index (κ2) is 7.29. The SMILES string of the molecule is Cc1nsc(N)c1C(=O)O[C@H](C)C(=O)N[C@@H]1CCC[C@@H](C)[C@@H]1C. The third-order valence-corrected chi connectivity index (χ3v) is 5.55. The predicted molar refractivity (Wildman–Crippen MR) is 90.3 cm³/mol. The molecule has 7 heteroatoms. The van der Waals surface area contributed by atoms with Crippen molar-refractivity contribution < 1.29 is 14.3 Å². The van der Waals surface area contributed by atoms with Gasteiger partial charge in [-0.1, -0.05) is 26.7 Å². The molecule has 3 N–H and O–H groups in total. The molecule has 1 aliphatic carbocycles. The van der Waals surface area contributed by atoms with Crippen LogP contribution >= 0.6 is 11.5 Å². The van der Waals surface area contributed by atoms with E-state index in [0.717, 1.165) is 24.4 Å². The fraction of sp³-hybridized carbons (Fsp3) is 0.688. The van der Waals surface area contributed by atoms with Crippen LogP contribution in [-0.2, 0) is 9.53 Å². The molecule has 0 saturated heterocycles. The molecule has 1 aromatic heterocycles. The number of amides is 1. The van der Waals surface area contributed by atoms with Crippen LogP contribution in [0.15, 0.2) is 0 Å². The van der Waals surface area contributed by atoms with Gasteiger partial charge in [-0.05, 0) is 43.6 Å². The van der Waals surface area contributed by atoms with Crippen molar-refractivity contribution >= 4 is 28.4 Å². The van der Waals surface area contributed by atoms with Crippen molar-refractivity contribution in [3.63, 3.8) is 0 Å². The van der Waals surface area contributed by atoms with Gasteiger partial charge in [-0.3, -0.25) is 4.79 Å². The number of carbonyl (C=O) groups is 2. The van der Waals surface area contributed by atoms with Gasteiger partial charge in [0.2, 0.25) is 0 Å². The molecular weight excluding hydrogens is 314 g/mol. The van der Waals surface area contributed by atoms with Crippen LogP contribution in [0.4, 0.5) is 5.00 Å². The number of nitrogens with zero attached hydrogens (tertiary/aromatic N) is 1. The number of hydrogen-bond donors (Lipinski definition) is 2. The van der Waals surface area contributed by atoms with Crippen LogP contribution in [0, 0.1) is 18.8 Å². The highest BCUT2D eigenvalue weighted by Crippen LogP contribution is 2.29. The minimum absolute atomic E-state index is 0.141. The van der Waals surface area contributed by atoms with E-state index in [1.165, 1.54) is 6.42 Å². The number of anilines is 1. The van der Waals surface area contributed by atoms with Gasteiger partial charge in [-0.2, -0.15) is 4.37 Å². The molecule has 1 saturated carbocycles. The molecule has 0 aliphatic heterocycles. The summed E-state index contributed by atoms with van der Waals surface area (Å²) in [5.41, 5.74) is 6.52. The summed E-state index contributed by atoms with van der Waals surface area (Å²) in [6.45, 7) is 7.64. The first-order valence-electron chi connectivity index (χ1n) is 8.04. The number of nitrogens with two attached hydrogens (primary N) is 1. The molecular formula is C16H25N3O3S. The smallest absolute Gasteiger partial charge is 0.343 e. The molecule has 1 aliphatic rings. The number of aryl methyl sites for hydroxylation is 1. The lowest BCUT2D eigenvalue weighted by molar-refractivity contribution is -0.130. The van der Waals surface area contributed by atoms with Crippen LogP contribution in [0.25, 0.3) is 0 Å². The number of carbonyl (C=O) groups excluding carboxylic acids is 2. The number of aromatic nitrogens is 1. The van der Waals surface area contributed by atoms with Crippen molar-refractivity contribution in [3.8, 4) is 0 Å². The normalized spacial score (nSPS) is 25.7. The third kappa shape index (κ3) is 4.02. The Morgan fingerprint density at radius 1 is 1.39 bits per heavy atom. The van der Waals surface area contributed by atoms with Crippen LogP contribution in [0.2, 0.25) is 0 Å². The molecule has 1 fully saturated rings. The lowest BCUT2D eigenvalue weighted by atomic mass is 9.78. The van der Waals surface area contributed by atoms with Crippen molar-refractivity contribution in [3.05, 3.63) is 11.3 Å². The molecule has 128 valence electrons. The summed E-state index contributed by atoms with van der Waals surface area (Å²) in [4.78, 5) is 24.5. The number of nitrogens with one attached hydrogen (secondary N) is 1. The molecule has 0 bridgehead atoms. The van der Waals surface area contributed by atoms with Crippen LogP contribution < -0.4 is 11.1 Å². The Labute approximate surface area is 140 Å². The lowest BCUT2D eigenvalue weighted by Crippen LogP contribution is -2.47. The van der Waals surface area contributed by atoms with Gasteiger partial charge in [0.15, 0.2) is 6.10 Å². The molecule has 4 atom stereocenters. The maximum atomic E-state index is 12.3. The summed E-state index contributed by atoms with van der Waals surface area (Å²) < 4.78 is 9.27. The van der Waals surface area contributed by atoms with Gasteiger partial charge in [0.1, 0.15) is 10.6 Å². The maximum absolute atomic E-state index is 12.3. The average Bonchev–Trinajstić information content (AvgIpc) is 2.82. The van der Waals surface area contributed by atoms with Crippen molar-refractivity contribution in [1.29, 1.82) is 0 Å². The molecule has 1 amide bonds. The number of rotatable bonds is 4. The minimum Gasteiger partial charge on any atom is -0.449 e. The van der Waals surface area contributed by atoms with Gasteiger partial charge in [0.25, 0.3) is 5.91 Å². The number of esters is 1. The third-order valence-electron chi connectivity index (χ3n) is 4.78. The van der Waals surface area contributed by atoms with Gasteiger partial charge in [-0.25, -0.2) is 4.79 Å². The van der Waals surface area contributed by atoms with Crippen molar-refractivity contribution in [2.45, 2.75) is 59.1 Å². The quantitative estimate of drug-likeness (QED) is 0.822. The molecule has 6 nitrogen and oxygen atoms in total. The fourth-order valence-corrected chi connectivity index (χ4v) is 3.64. The zero-order chi connectivity index (χ0) is 17.1. The minimum atomic E-state index is -0.856. The molecule has 0 spiro atoms. The maximum Gasteiger partial charge on any atom is 0.343 e. The van der Waals surface area contributed by atoms with E-state index in [9.17, 15) is 9.59 Å². The van der Waals surface area contributed by atoms with E-state index in [2.05, 4.69) is 23.5 Å². The van der Waals surface area contributed by atoms with Crippen LogP contribution in [0.5, 0.6) is 0 Å². The summed E-state index contributed by atoms with van der Waals surface area (Å²) in [5.74, 6) is 0.158. The molecule has 1 heterocycles. The average molecular weight is 339 g/mol. The predicted octanol–water partition coefficient (Wildman–Crippen LogP) is 2.52. The Hall–Kier alpha value is -1.63. The Balaban J connectivity index is 1.94. The van der Waals surface area contributed by atoms with E-state index >= 15 is 0 Å². The highest BCUT2D eigenvalue weighted by molar-refractivity contribution is 7.10. The van der Waals surface area contributed by atoms with Gasteiger partial charge < -0.3 is 15.8 Å². The van der Waals surface area contributed by atoms with E-state index in [-0.39, 0.29) is 17.5 Å². The molecule has 0 radical (unpaired) electrons. The topological polar surface area (TPSA) is 94.3 Å². The van der Waals surface area contributed by atoms with Crippen molar-refractivity contribution in [1.82, 2.24) is 9.69 Å². The van der Waals surface area contributed by atoms with E-state index in [0.29, 0.717) is 22.5 Å². The van der Waals surface area contributed by atoms with E-state index in [4.69, 9.17) is 10.5 Å². The van der Waals surface area contributed by atoms with Gasteiger partial charge in [0, 0.05) is 6.04 Å². The summed E-state index contributed by atoms with van der Waals surface area (Å²) >= 11 is 1.05. The Kier molecular flexibility index (Phi) is 5.62. The summed E-state index contributed by atoms with van der Waals surface area (Å²) in [6.07, 6.45) is 2.42. The molecule has 1 aromatic rings. The molecule has 2 rings (SSSR count). The molecule has 0 unspecified atom stereocenters. The van der Waals surface area contributed by atoms with Gasteiger partial charge in [-0.15, -0.1) is 0 Å². The van der Waals surface area contributed by atoms with Crippen molar-refractivity contribution in [2.24, 2.45) is 11.8 Å². The van der Waals surface area contributed by atoms with E-state index in [1.807, 2.05) is 0 Å². The van der Waals surface area contributed by atoms with Gasteiger partial charge in [0.05, 0.1) is 5.69 Å². The zero-order valence-corrected chi connectivity index (χ0v) is 14.9. The highest BCUT2D eigenvalue weighted by atomic mass is 32.1. The second-order valence-electron chi connectivity index (χ2n) is 6.44. The standard InChI is InChI=1S/C16H25N3O3S/c1-8-6-5-7-12(9(8)2)18-15(20)11(4)22-16(21)13-10(3)19-23-14(13)17/h8-9,11-12H,5-7,17H2,1-4H3,(H,18,20)/t8-,9+,11-,12-/m1/s1. The number of hydrogen-bond acceptors (Lipinski definition) is 6. The first-order chi connectivity index (χ1) is 10.8. The Morgan fingerprint density at radius 2 is 2.09 bits per heavy atom. The van der Waals surface area contributed by atoms with Crippen LogP contribution in [0.3, 0.4) is 0 Å². The van der Waals surface area contributed by atoms with Crippen molar-refractivity contribution in [2.75, 3.05) is 5.73 Å². The monoisotopic (exact) mass is 339 g/mol. The fourth-order valence-electron chi connectivity index (χ4n) is 2.99. The Bertz CT molecular complexity index is 568. The molecule has 0 aromatic carbocycles. The first-order valence-corrected chi connectivity index (χ1v) is 8.81. The van der Waals surface area contributed by atoms with Crippen LogP contribution in [-0.4, -0.2) is 28.4 Å². The molecule has 23 heavy (non-hydrogen) atoms. The van der Waals surface area contributed by atoms with Gasteiger partial charge >= 0.3 is 5.97 Å². The van der Waals surface area contributed by atoms with E-state index < -0.39 is 12.1 Å².